The van der Waals surface area contributed by atoms with Crippen LogP contribution in [0.15, 0.2) is 54.7 Å². The maximum atomic E-state index is 13.3. The number of amides is 1. The number of benzene rings is 2. The number of nitrogens with zero attached hydrogens (tertiary/aromatic N) is 4. The fourth-order valence-electron chi connectivity index (χ4n) is 3.35. The van der Waals surface area contributed by atoms with Crippen LogP contribution in [0, 0.1) is 0 Å². The van der Waals surface area contributed by atoms with Gasteiger partial charge in [-0.15, -0.1) is 10.2 Å². The minimum Gasteiger partial charge on any atom is -0.493 e. The second-order valence-electron chi connectivity index (χ2n) is 7.30. The molecule has 0 spiro atoms. The highest BCUT2D eigenvalue weighted by molar-refractivity contribution is 7.15. The van der Waals surface area contributed by atoms with Crippen molar-refractivity contribution < 1.29 is 14.3 Å². The van der Waals surface area contributed by atoms with Crippen molar-refractivity contribution in [3.05, 3.63) is 65.3 Å². The van der Waals surface area contributed by atoms with E-state index in [1.807, 2.05) is 36.4 Å². The normalized spacial score (nSPS) is 10.8. The third-order valence-electron chi connectivity index (χ3n) is 5.07. The summed E-state index contributed by atoms with van der Waals surface area (Å²) in [6, 6.07) is 15.1. The Morgan fingerprint density at radius 3 is 2.58 bits per heavy atom. The number of anilines is 1. The van der Waals surface area contributed by atoms with Gasteiger partial charge in [0.25, 0.3) is 5.91 Å². The van der Waals surface area contributed by atoms with Gasteiger partial charge in [-0.1, -0.05) is 42.9 Å². The number of hydrogen-bond acceptors (Lipinski definition) is 7. The van der Waals surface area contributed by atoms with Gasteiger partial charge >= 0.3 is 0 Å². The van der Waals surface area contributed by atoms with Crippen LogP contribution in [0.2, 0.25) is 0 Å². The molecule has 0 aliphatic carbocycles. The molecule has 33 heavy (non-hydrogen) atoms. The fourth-order valence-corrected chi connectivity index (χ4v) is 4.12. The molecule has 0 atom stereocenters. The summed E-state index contributed by atoms with van der Waals surface area (Å²) < 4.78 is 12.5. The molecular formula is C24H25N5O3S. The van der Waals surface area contributed by atoms with Gasteiger partial charge in [0.05, 0.1) is 25.5 Å². The molecule has 4 aromatic rings. The van der Waals surface area contributed by atoms with E-state index in [9.17, 15) is 4.79 Å². The number of methoxy groups -OCH3 is 2. The van der Waals surface area contributed by atoms with Gasteiger partial charge in [-0.05, 0) is 36.8 Å². The molecule has 9 heteroatoms. The summed E-state index contributed by atoms with van der Waals surface area (Å²) >= 11 is 1.39. The van der Waals surface area contributed by atoms with Gasteiger partial charge < -0.3 is 9.47 Å². The summed E-state index contributed by atoms with van der Waals surface area (Å²) in [6.07, 6.45) is 4.69. The van der Waals surface area contributed by atoms with E-state index in [0.717, 1.165) is 35.5 Å². The summed E-state index contributed by atoms with van der Waals surface area (Å²) in [5, 5.41) is 17.3. The third kappa shape index (κ3) is 5.04. The van der Waals surface area contributed by atoms with Gasteiger partial charge in [0, 0.05) is 18.2 Å². The zero-order valence-corrected chi connectivity index (χ0v) is 19.6. The number of aryl methyl sites for hydroxylation is 1. The van der Waals surface area contributed by atoms with E-state index in [4.69, 9.17) is 14.6 Å². The van der Waals surface area contributed by atoms with Crippen molar-refractivity contribution in [2.75, 3.05) is 19.5 Å². The minimum atomic E-state index is -0.305. The molecule has 170 valence electrons. The molecule has 0 saturated carbocycles. The van der Waals surface area contributed by atoms with E-state index in [-0.39, 0.29) is 5.91 Å². The Bertz CT molecular complexity index is 1240. The van der Waals surface area contributed by atoms with E-state index in [1.165, 1.54) is 11.3 Å². The Hall–Kier alpha value is -3.72. The van der Waals surface area contributed by atoms with Crippen LogP contribution in [0.4, 0.5) is 5.13 Å². The highest BCUT2D eigenvalue weighted by Crippen LogP contribution is 2.33. The van der Waals surface area contributed by atoms with Gasteiger partial charge in [0.15, 0.2) is 11.5 Å². The fraction of sp³-hybridized carbons (Fsp3) is 0.250. The molecule has 0 aliphatic heterocycles. The SMILES string of the molecule is CCCCc1nnc(NC(=O)c2cn(-c3ccccc3)nc2-c2ccc(OC)c(OC)c2)s1. The predicted octanol–water partition coefficient (Wildman–Crippen LogP) is 5.00. The van der Waals surface area contributed by atoms with Crippen LogP contribution in [-0.4, -0.2) is 40.1 Å². The van der Waals surface area contributed by atoms with E-state index >= 15 is 0 Å². The standard InChI is InChI=1S/C24H25N5O3S/c1-4-5-11-21-26-27-24(33-21)25-23(30)18-15-29(17-9-7-6-8-10-17)28-22(18)16-12-13-19(31-2)20(14-16)32-3/h6-10,12-15H,4-5,11H2,1-3H3,(H,25,27,30). The first-order chi connectivity index (χ1) is 16.1. The zero-order valence-electron chi connectivity index (χ0n) is 18.7. The van der Waals surface area contributed by atoms with Crippen molar-refractivity contribution in [1.29, 1.82) is 0 Å². The van der Waals surface area contributed by atoms with Crippen LogP contribution >= 0.6 is 11.3 Å². The van der Waals surface area contributed by atoms with E-state index in [1.54, 1.807) is 37.2 Å². The molecule has 0 unspecified atom stereocenters. The molecule has 2 heterocycles. The van der Waals surface area contributed by atoms with Crippen LogP contribution in [0.5, 0.6) is 11.5 Å². The lowest BCUT2D eigenvalue weighted by Gasteiger charge is -2.09. The van der Waals surface area contributed by atoms with Crippen molar-refractivity contribution in [2.24, 2.45) is 0 Å². The Morgan fingerprint density at radius 2 is 1.85 bits per heavy atom. The molecule has 2 aromatic heterocycles. The van der Waals surface area contributed by atoms with Crippen molar-refractivity contribution in [3.63, 3.8) is 0 Å². The molecule has 1 N–H and O–H groups in total. The second-order valence-corrected chi connectivity index (χ2v) is 8.36. The average Bonchev–Trinajstić information content (AvgIpc) is 3.50. The molecule has 0 saturated heterocycles. The molecule has 0 fully saturated rings. The Morgan fingerprint density at radius 1 is 1.06 bits per heavy atom. The van der Waals surface area contributed by atoms with Crippen molar-refractivity contribution >= 4 is 22.4 Å². The first-order valence-corrected chi connectivity index (χ1v) is 11.5. The molecule has 2 aromatic carbocycles. The summed E-state index contributed by atoms with van der Waals surface area (Å²) in [5.41, 5.74) is 2.51. The Kier molecular flexibility index (Phi) is 6.99. The quantitative estimate of drug-likeness (QED) is 0.375. The van der Waals surface area contributed by atoms with Gasteiger partial charge in [0.1, 0.15) is 10.7 Å². The smallest absolute Gasteiger partial charge is 0.261 e. The molecular weight excluding hydrogens is 438 g/mol. The van der Waals surface area contributed by atoms with E-state index in [0.29, 0.717) is 27.9 Å². The van der Waals surface area contributed by atoms with Crippen LogP contribution in [-0.2, 0) is 6.42 Å². The van der Waals surface area contributed by atoms with Crippen LogP contribution in [0.25, 0.3) is 16.9 Å². The lowest BCUT2D eigenvalue weighted by atomic mass is 10.1. The Balaban J connectivity index is 1.71. The second kappa shape index (κ2) is 10.3. The number of nitrogens with one attached hydrogen (secondary N) is 1. The lowest BCUT2D eigenvalue weighted by molar-refractivity contribution is 0.102. The average molecular weight is 464 g/mol. The number of para-hydroxylation sites is 1. The van der Waals surface area contributed by atoms with Crippen LogP contribution < -0.4 is 14.8 Å². The van der Waals surface area contributed by atoms with Crippen molar-refractivity contribution in [2.45, 2.75) is 26.2 Å². The van der Waals surface area contributed by atoms with Gasteiger partial charge in [-0.3, -0.25) is 10.1 Å². The summed E-state index contributed by atoms with van der Waals surface area (Å²) in [5.74, 6) is 0.851. The molecule has 1 amide bonds. The number of aromatic nitrogens is 4. The maximum absolute atomic E-state index is 13.3. The maximum Gasteiger partial charge on any atom is 0.261 e. The summed E-state index contributed by atoms with van der Waals surface area (Å²) in [4.78, 5) is 13.3. The molecule has 8 nitrogen and oxygen atoms in total. The monoisotopic (exact) mass is 463 g/mol. The topological polar surface area (TPSA) is 91.2 Å². The largest absolute Gasteiger partial charge is 0.493 e. The highest BCUT2D eigenvalue weighted by atomic mass is 32.1. The number of rotatable bonds is 9. The van der Waals surface area contributed by atoms with Crippen molar-refractivity contribution in [1.82, 2.24) is 20.0 Å². The number of carbonyl (C=O) groups is 1. The van der Waals surface area contributed by atoms with Gasteiger partial charge in [-0.2, -0.15) is 5.10 Å². The Labute approximate surface area is 196 Å². The zero-order chi connectivity index (χ0) is 23.2. The number of hydrogen-bond donors (Lipinski definition) is 1. The van der Waals surface area contributed by atoms with E-state index in [2.05, 4.69) is 22.4 Å². The first-order valence-electron chi connectivity index (χ1n) is 10.6. The first kappa shape index (κ1) is 22.5. The number of ether oxygens (including phenoxy) is 2. The molecule has 0 aliphatic rings. The summed E-state index contributed by atoms with van der Waals surface area (Å²) in [6.45, 7) is 2.13. The van der Waals surface area contributed by atoms with Crippen LogP contribution in [0.3, 0.4) is 0 Å². The van der Waals surface area contributed by atoms with Gasteiger partial charge in [0.2, 0.25) is 5.13 Å². The lowest BCUT2D eigenvalue weighted by Crippen LogP contribution is -2.12. The van der Waals surface area contributed by atoms with Crippen LogP contribution in [0.1, 0.15) is 35.1 Å². The summed E-state index contributed by atoms with van der Waals surface area (Å²) in [7, 11) is 3.15. The minimum absolute atomic E-state index is 0.305. The van der Waals surface area contributed by atoms with Gasteiger partial charge in [-0.25, -0.2) is 4.68 Å². The molecule has 4 rings (SSSR count). The van der Waals surface area contributed by atoms with E-state index < -0.39 is 0 Å². The van der Waals surface area contributed by atoms with Crippen molar-refractivity contribution in [3.8, 4) is 28.4 Å². The number of unbranched alkanes of at least 4 members (excludes halogenated alkanes) is 1. The predicted molar refractivity (Wildman–Crippen MR) is 129 cm³/mol. The third-order valence-corrected chi connectivity index (χ3v) is 5.97. The highest BCUT2D eigenvalue weighted by Gasteiger charge is 2.21. The molecule has 0 bridgehead atoms. The molecule has 0 radical (unpaired) electrons. The number of carbonyl (C=O) groups excluding carboxylic acids is 1.